The smallest absolute Gasteiger partial charge is 0.194 e. The highest BCUT2D eigenvalue weighted by atomic mass is 16.5. The predicted molar refractivity (Wildman–Crippen MR) is 70.6 cm³/mol. The fourth-order valence-corrected chi connectivity index (χ4v) is 2.32. The van der Waals surface area contributed by atoms with Gasteiger partial charge in [0.1, 0.15) is 5.60 Å². The van der Waals surface area contributed by atoms with Gasteiger partial charge in [-0.15, -0.1) is 0 Å². The fourth-order valence-electron chi connectivity index (χ4n) is 2.32. The molecular weight excluding hydrogens is 212 g/mol. The van der Waals surface area contributed by atoms with E-state index in [1.807, 2.05) is 39.8 Å². The molecule has 17 heavy (non-hydrogen) atoms. The molecule has 0 N–H and O–H groups in total. The van der Waals surface area contributed by atoms with E-state index in [1.54, 1.807) is 7.11 Å². The standard InChI is InChI=1S/C15H22O2/c1-6-15(7-2,17-5)14(16)13-9-11(3)8-12(4)10-13/h8-10H,6-7H2,1-5H3. The SMILES string of the molecule is CCC(CC)(OC)C(=O)c1cc(C)cc(C)c1. The van der Waals surface area contributed by atoms with Crippen molar-refractivity contribution in [3.05, 3.63) is 34.9 Å². The van der Waals surface area contributed by atoms with E-state index >= 15 is 0 Å². The number of ether oxygens (including phenoxy) is 1. The first-order valence-electron chi connectivity index (χ1n) is 6.17. The Morgan fingerprint density at radius 3 is 1.94 bits per heavy atom. The van der Waals surface area contributed by atoms with Gasteiger partial charge >= 0.3 is 0 Å². The Morgan fingerprint density at radius 1 is 1.12 bits per heavy atom. The summed E-state index contributed by atoms with van der Waals surface area (Å²) < 4.78 is 5.48. The minimum Gasteiger partial charge on any atom is -0.370 e. The maximum atomic E-state index is 12.5. The van der Waals surface area contributed by atoms with Crippen LogP contribution in [0.5, 0.6) is 0 Å². The molecule has 0 aliphatic heterocycles. The number of aryl methyl sites for hydroxylation is 2. The molecule has 0 spiro atoms. The molecule has 0 heterocycles. The molecule has 94 valence electrons. The van der Waals surface area contributed by atoms with Crippen molar-refractivity contribution < 1.29 is 9.53 Å². The van der Waals surface area contributed by atoms with Crippen molar-refractivity contribution in [1.29, 1.82) is 0 Å². The number of hydrogen-bond donors (Lipinski definition) is 0. The fraction of sp³-hybridized carbons (Fsp3) is 0.533. The second-order valence-corrected chi connectivity index (χ2v) is 4.61. The average Bonchev–Trinajstić information content (AvgIpc) is 2.30. The molecular formula is C15H22O2. The minimum absolute atomic E-state index is 0.0943. The molecule has 1 rings (SSSR count). The van der Waals surface area contributed by atoms with E-state index in [4.69, 9.17) is 4.74 Å². The minimum atomic E-state index is -0.666. The van der Waals surface area contributed by atoms with Gasteiger partial charge in [-0.1, -0.05) is 31.0 Å². The largest absolute Gasteiger partial charge is 0.370 e. The van der Waals surface area contributed by atoms with Crippen LogP contribution >= 0.6 is 0 Å². The van der Waals surface area contributed by atoms with Crippen molar-refractivity contribution in [2.45, 2.75) is 46.1 Å². The van der Waals surface area contributed by atoms with Gasteiger partial charge in [0.05, 0.1) is 0 Å². The molecule has 0 aliphatic rings. The molecule has 0 fully saturated rings. The third-order valence-electron chi connectivity index (χ3n) is 3.43. The van der Waals surface area contributed by atoms with Crippen LogP contribution in [0.3, 0.4) is 0 Å². The summed E-state index contributed by atoms with van der Waals surface area (Å²) in [4.78, 5) is 12.5. The summed E-state index contributed by atoms with van der Waals surface area (Å²) in [7, 11) is 1.62. The summed E-state index contributed by atoms with van der Waals surface area (Å²) in [5.74, 6) is 0.0943. The molecule has 2 heteroatoms. The quantitative estimate of drug-likeness (QED) is 0.726. The van der Waals surface area contributed by atoms with E-state index in [1.165, 1.54) is 0 Å². The molecule has 0 unspecified atom stereocenters. The Morgan fingerprint density at radius 2 is 1.59 bits per heavy atom. The molecule has 1 aromatic carbocycles. The van der Waals surface area contributed by atoms with Gasteiger partial charge in [0.2, 0.25) is 0 Å². The van der Waals surface area contributed by atoms with Crippen LogP contribution in [-0.2, 0) is 4.74 Å². The van der Waals surface area contributed by atoms with E-state index in [0.717, 1.165) is 16.7 Å². The van der Waals surface area contributed by atoms with Crippen molar-refractivity contribution in [2.75, 3.05) is 7.11 Å². The van der Waals surface area contributed by atoms with Crippen LogP contribution in [0, 0.1) is 13.8 Å². The monoisotopic (exact) mass is 234 g/mol. The molecule has 0 saturated heterocycles. The second-order valence-electron chi connectivity index (χ2n) is 4.61. The number of rotatable bonds is 5. The Bertz CT molecular complexity index is 375. The lowest BCUT2D eigenvalue weighted by atomic mass is 9.86. The molecule has 0 atom stereocenters. The number of Topliss-reactive ketones (excluding diaryl/α,β-unsaturated/α-hetero) is 1. The Labute approximate surface area is 104 Å². The van der Waals surface area contributed by atoms with Crippen molar-refractivity contribution in [2.24, 2.45) is 0 Å². The van der Waals surface area contributed by atoms with E-state index in [-0.39, 0.29) is 5.78 Å². The number of ketones is 1. The summed E-state index contributed by atoms with van der Waals surface area (Å²) in [5, 5.41) is 0. The first-order valence-corrected chi connectivity index (χ1v) is 6.17. The van der Waals surface area contributed by atoms with Gasteiger partial charge in [-0.05, 0) is 38.8 Å². The molecule has 0 saturated carbocycles. The zero-order valence-corrected chi connectivity index (χ0v) is 11.5. The van der Waals surface area contributed by atoms with E-state index in [2.05, 4.69) is 6.07 Å². The molecule has 0 amide bonds. The maximum Gasteiger partial charge on any atom is 0.194 e. The van der Waals surface area contributed by atoms with Gasteiger partial charge in [-0.2, -0.15) is 0 Å². The van der Waals surface area contributed by atoms with Gasteiger partial charge in [0.25, 0.3) is 0 Å². The Balaban J connectivity index is 3.18. The average molecular weight is 234 g/mol. The third kappa shape index (κ3) is 2.75. The Kier molecular flexibility index (Phi) is 4.47. The zero-order chi connectivity index (χ0) is 13.1. The summed E-state index contributed by atoms with van der Waals surface area (Å²) in [6.07, 6.45) is 1.40. The van der Waals surface area contributed by atoms with Crippen molar-refractivity contribution in [1.82, 2.24) is 0 Å². The molecule has 0 radical (unpaired) electrons. The van der Waals surface area contributed by atoms with Gasteiger partial charge in [-0.3, -0.25) is 4.79 Å². The summed E-state index contributed by atoms with van der Waals surface area (Å²) in [5.41, 5.74) is 2.32. The molecule has 0 bridgehead atoms. The Hall–Kier alpha value is -1.15. The molecule has 2 nitrogen and oxygen atoms in total. The molecule has 1 aromatic rings. The number of carbonyl (C=O) groups excluding carboxylic acids is 1. The first kappa shape index (κ1) is 13.9. The van der Waals surface area contributed by atoms with Crippen LogP contribution in [0.2, 0.25) is 0 Å². The summed E-state index contributed by atoms with van der Waals surface area (Å²) >= 11 is 0. The molecule has 0 aromatic heterocycles. The highest BCUT2D eigenvalue weighted by molar-refractivity contribution is 6.02. The van der Waals surface area contributed by atoms with Crippen LogP contribution in [0.25, 0.3) is 0 Å². The second kappa shape index (κ2) is 5.46. The first-order chi connectivity index (χ1) is 7.99. The lowest BCUT2D eigenvalue weighted by molar-refractivity contribution is -0.00262. The van der Waals surface area contributed by atoms with Crippen LogP contribution in [-0.4, -0.2) is 18.5 Å². The molecule has 0 aliphatic carbocycles. The number of carbonyl (C=O) groups is 1. The highest BCUT2D eigenvalue weighted by Gasteiger charge is 2.35. The third-order valence-corrected chi connectivity index (χ3v) is 3.43. The van der Waals surface area contributed by atoms with Gasteiger partial charge < -0.3 is 4.74 Å². The van der Waals surface area contributed by atoms with E-state index in [9.17, 15) is 4.79 Å². The lowest BCUT2D eigenvalue weighted by Crippen LogP contribution is -2.39. The van der Waals surface area contributed by atoms with Crippen LogP contribution in [0.15, 0.2) is 18.2 Å². The lowest BCUT2D eigenvalue weighted by Gasteiger charge is -2.28. The van der Waals surface area contributed by atoms with Gasteiger partial charge in [0.15, 0.2) is 5.78 Å². The summed E-state index contributed by atoms with van der Waals surface area (Å²) in [6.45, 7) is 8.01. The summed E-state index contributed by atoms with van der Waals surface area (Å²) in [6, 6.07) is 5.95. The van der Waals surface area contributed by atoms with Crippen molar-refractivity contribution >= 4 is 5.78 Å². The predicted octanol–water partition coefficient (Wildman–Crippen LogP) is 3.69. The number of hydrogen-bond acceptors (Lipinski definition) is 2. The highest BCUT2D eigenvalue weighted by Crippen LogP contribution is 2.25. The van der Waals surface area contributed by atoms with Crippen LogP contribution in [0.4, 0.5) is 0 Å². The van der Waals surface area contributed by atoms with Crippen LogP contribution < -0.4 is 0 Å². The van der Waals surface area contributed by atoms with Gasteiger partial charge in [-0.25, -0.2) is 0 Å². The van der Waals surface area contributed by atoms with Crippen molar-refractivity contribution in [3.8, 4) is 0 Å². The van der Waals surface area contributed by atoms with Crippen molar-refractivity contribution in [3.63, 3.8) is 0 Å². The van der Waals surface area contributed by atoms with Crippen LogP contribution in [0.1, 0.15) is 48.2 Å². The van der Waals surface area contributed by atoms with E-state index in [0.29, 0.717) is 12.8 Å². The number of benzene rings is 1. The van der Waals surface area contributed by atoms with Gasteiger partial charge in [0, 0.05) is 12.7 Å². The zero-order valence-electron chi connectivity index (χ0n) is 11.5. The van der Waals surface area contributed by atoms with E-state index < -0.39 is 5.60 Å². The maximum absolute atomic E-state index is 12.5. The number of methoxy groups -OCH3 is 1. The topological polar surface area (TPSA) is 26.3 Å². The normalized spacial score (nSPS) is 11.6.